The zero-order valence-corrected chi connectivity index (χ0v) is 11.5. The quantitative estimate of drug-likeness (QED) is 0.630. The van der Waals surface area contributed by atoms with Gasteiger partial charge in [0.2, 0.25) is 0 Å². The van der Waals surface area contributed by atoms with E-state index in [2.05, 4.69) is 0 Å². The minimum absolute atomic E-state index is 0.252. The number of carbonyl (C=O) groups excluding carboxylic acids is 1. The summed E-state index contributed by atoms with van der Waals surface area (Å²) < 4.78 is 24.3. The third kappa shape index (κ3) is 3.81. The molecule has 5 heteroatoms. The van der Waals surface area contributed by atoms with Crippen LogP contribution in [-0.4, -0.2) is 23.6 Å². The van der Waals surface area contributed by atoms with Gasteiger partial charge >= 0.3 is 5.97 Å². The maximum absolute atomic E-state index is 13.5. The van der Waals surface area contributed by atoms with E-state index < -0.39 is 0 Å². The molecule has 1 aromatic rings. The van der Waals surface area contributed by atoms with Gasteiger partial charge in [0.25, 0.3) is 0 Å². The molecular formula is C14H15FO3S. The van der Waals surface area contributed by atoms with Gasteiger partial charge in [-0.1, -0.05) is 23.9 Å². The summed E-state index contributed by atoms with van der Waals surface area (Å²) in [5.41, 5.74) is -0.279. The van der Waals surface area contributed by atoms with E-state index in [4.69, 9.17) is 9.47 Å². The van der Waals surface area contributed by atoms with E-state index in [0.29, 0.717) is 4.90 Å². The van der Waals surface area contributed by atoms with Crippen molar-refractivity contribution in [1.82, 2.24) is 0 Å². The van der Waals surface area contributed by atoms with Gasteiger partial charge in [-0.05, 0) is 31.2 Å². The molecule has 0 radical (unpaired) electrons. The first-order valence-corrected chi connectivity index (χ1v) is 6.86. The molecule has 1 heterocycles. The molecule has 0 saturated heterocycles. The summed E-state index contributed by atoms with van der Waals surface area (Å²) in [6.45, 7) is 3.19. The van der Waals surface area contributed by atoms with E-state index in [1.807, 2.05) is 6.92 Å². The minimum Gasteiger partial charge on any atom is -0.456 e. The molecule has 0 spiro atoms. The smallest absolute Gasteiger partial charge is 0.303 e. The summed E-state index contributed by atoms with van der Waals surface area (Å²) in [7, 11) is 0. The highest BCUT2D eigenvalue weighted by molar-refractivity contribution is 8.00. The standard InChI is InChI=1S/C14H15FO3S/c1-9-12(18-10(2)16)7-8-14(17-9)19-13-6-4-3-5-11(13)15/h3-9,12,14H,1-2H3/t9-,12+,14?/m0/s1. The molecule has 0 fully saturated rings. The molecule has 1 aromatic carbocycles. The highest BCUT2D eigenvalue weighted by Crippen LogP contribution is 2.31. The molecule has 2 rings (SSSR count). The minimum atomic E-state index is -0.380. The summed E-state index contributed by atoms with van der Waals surface area (Å²) in [5.74, 6) is -0.607. The van der Waals surface area contributed by atoms with E-state index in [1.165, 1.54) is 24.8 Å². The van der Waals surface area contributed by atoms with Crippen LogP contribution in [0.1, 0.15) is 13.8 Å². The molecule has 0 N–H and O–H groups in total. The number of rotatable bonds is 3. The fourth-order valence-electron chi connectivity index (χ4n) is 1.75. The van der Waals surface area contributed by atoms with Crippen molar-refractivity contribution in [3.63, 3.8) is 0 Å². The van der Waals surface area contributed by atoms with Gasteiger partial charge in [0.15, 0.2) is 0 Å². The monoisotopic (exact) mass is 282 g/mol. The third-order valence-electron chi connectivity index (χ3n) is 2.65. The topological polar surface area (TPSA) is 35.5 Å². The predicted molar refractivity (Wildman–Crippen MR) is 71.3 cm³/mol. The Labute approximate surface area is 115 Å². The first kappa shape index (κ1) is 14.1. The van der Waals surface area contributed by atoms with Crippen LogP contribution in [0.3, 0.4) is 0 Å². The van der Waals surface area contributed by atoms with E-state index in [9.17, 15) is 9.18 Å². The number of halogens is 1. The molecule has 1 aliphatic heterocycles. The largest absolute Gasteiger partial charge is 0.456 e. The van der Waals surface area contributed by atoms with Gasteiger partial charge in [0.05, 0.1) is 6.10 Å². The van der Waals surface area contributed by atoms with Gasteiger partial charge < -0.3 is 9.47 Å². The number of esters is 1. The Bertz CT molecular complexity index is 489. The molecule has 1 unspecified atom stereocenters. The van der Waals surface area contributed by atoms with Gasteiger partial charge in [0.1, 0.15) is 17.4 Å². The average Bonchev–Trinajstić information content (AvgIpc) is 2.35. The van der Waals surface area contributed by atoms with Crippen LogP contribution in [0.4, 0.5) is 4.39 Å². The summed E-state index contributed by atoms with van der Waals surface area (Å²) in [6, 6.07) is 6.55. The second-order valence-electron chi connectivity index (χ2n) is 4.22. The van der Waals surface area contributed by atoms with Crippen molar-refractivity contribution in [2.75, 3.05) is 0 Å². The molecule has 19 heavy (non-hydrogen) atoms. The summed E-state index contributed by atoms with van der Waals surface area (Å²) >= 11 is 1.29. The average molecular weight is 282 g/mol. The van der Waals surface area contributed by atoms with Crippen molar-refractivity contribution in [3.05, 3.63) is 42.2 Å². The molecule has 0 amide bonds. The van der Waals surface area contributed by atoms with Crippen LogP contribution in [0, 0.1) is 5.82 Å². The Balaban J connectivity index is 2.01. The predicted octanol–water partition coefficient (Wildman–Crippen LogP) is 3.15. The zero-order chi connectivity index (χ0) is 13.8. The molecule has 3 nitrogen and oxygen atoms in total. The highest BCUT2D eigenvalue weighted by Gasteiger charge is 2.26. The summed E-state index contributed by atoms with van der Waals surface area (Å²) in [6.07, 6.45) is 2.94. The Morgan fingerprint density at radius 2 is 2.11 bits per heavy atom. The molecule has 0 aromatic heterocycles. The van der Waals surface area contributed by atoms with Crippen molar-refractivity contribution < 1.29 is 18.7 Å². The Morgan fingerprint density at radius 3 is 2.74 bits per heavy atom. The molecule has 0 saturated carbocycles. The number of benzene rings is 1. The van der Waals surface area contributed by atoms with Crippen LogP contribution in [-0.2, 0) is 14.3 Å². The van der Waals surface area contributed by atoms with Crippen molar-refractivity contribution >= 4 is 17.7 Å². The molecular weight excluding hydrogens is 267 g/mol. The van der Waals surface area contributed by atoms with Gasteiger partial charge in [0, 0.05) is 11.8 Å². The van der Waals surface area contributed by atoms with Crippen molar-refractivity contribution in [3.8, 4) is 0 Å². The number of hydrogen-bond acceptors (Lipinski definition) is 4. The fraction of sp³-hybridized carbons (Fsp3) is 0.357. The van der Waals surface area contributed by atoms with Crippen molar-refractivity contribution in [2.45, 2.75) is 36.4 Å². The second-order valence-corrected chi connectivity index (χ2v) is 5.36. The Kier molecular flexibility index (Phi) is 4.61. The van der Waals surface area contributed by atoms with Crippen molar-refractivity contribution in [2.24, 2.45) is 0 Å². The summed E-state index contributed by atoms with van der Waals surface area (Å²) in [5, 5.41) is 0. The first-order valence-electron chi connectivity index (χ1n) is 5.98. The SMILES string of the molecule is CC(=O)O[C@@H]1C=CC(Sc2ccccc2F)O[C@H]1C. The fourth-order valence-corrected chi connectivity index (χ4v) is 2.74. The summed E-state index contributed by atoms with van der Waals surface area (Å²) in [4.78, 5) is 11.4. The lowest BCUT2D eigenvalue weighted by atomic mass is 10.2. The lowest BCUT2D eigenvalue weighted by Gasteiger charge is -2.29. The Hall–Kier alpha value is -1.33. The maximum Gasteiger partial charge on any atom is 0.303 e. The zero-order valence-electron chi connectivity index (χ0n) is 10.7. The third-order valence-corrected chi connectivity index (χ3v) is 3.74. The van der Waals surface area contributed by atoms with E-state index in [1.54, 1.807) is 30.4 Å². The van der Waals surface area contributed by atoms with Gasteiger partial charge in [-0.3, -0.25) is 4.79 Å². The van der Waals surface area contributed by atoms with E-state index in [0.717, 1.165) is 0 Å². The number of hydrogen-bond donors (Lipinski definition) is 0. The van der Waals surface area contributed by atoms with Gasteiger partial charge in [-0.15, -0.1) is 0 Å². The van der Waals surface area contributed by atoms with Crippen LogP contribution >= 0.6 is 11.8 Å². The van der Waals surface area contributed by atoms with Crippen LogP contribution in [0.5, 0.6) is 0 Å². The van der Waals surface area contributed by atoms with Crippen LogP contribution in [0.25, 0.3) is 0 Å². The highest BCUT2D eigenvalue weighted by atomic mass is 32.2. The molecule has 3 atom stereocenters. The lowest BCUT2D eigenvalue weighted by Crippen LogP contribution is -2.34. The molecule has 1 aliphatic rings. The number of thioether (sulfide) groups is 1. The van der Waals surface area contributed by atoms with Crippen LogP contribution < -0.4 is 0 Å². The van der Waals surface area contributed by atoms with Gasteiger partial charge in [-0.2, -0.15) is 0 Å². The van der Waals surface area contributed by atoms with E-state index >= 15 is 0 Å². The first-order chi connectivity index (χ1) is 9.06. The Morgan fingerprint density at radius 1 is 1.37 bits per heavy atom. The van der Waals surface area contributed by atoms with Crippen molar-refractivity contribution in [1.29, 1.82) is 0 Å². The number of carbonyl (C=O) groups is 1. The molecule has 102 valence electrons. The number of ether oxygens (including phenoxy) is 2. The molecule has 0 bridgehead atoms. The molecule has 0 aliphatic carbocycles. The van der Waals surface area contributed by atoms with Gasteiger partial charge in [-0.25, -0.2) is 4.39 Å². The lowest BCUT2D eigenvalue weighted by molar-refractivity contribution is -0.151. The maximum atomic E-state index is 13.5. The van der Waals surface area contributed by atoms with Crippen LogP contribution in [0.2, 0.25) is 0 Å². The van der Waals surface area contributed by atoms with Crippen LogP contribution in [0.15, 0.2) is 41.3 Å². The normalized spacial score (nSPS) is 26.2. The van der Waals surface area contributed by atoms with E-state index in [-0.39, 0.29) is 29.4 Å². The second kappa shape index (κ2) is 6.21.